The zero-order chi connectivity index (χ0) is 20.7. The Morgan fingerprint density at radius 1 is 1.23 bits per heavy atom. The standard InChI is InChI=1S/C20H26N8O2/c1-11(12-5-3-2-4-6-12)22-18-25-16-13(9-15-17(29)26-20(30)24-15)10-21-28(16)19(27-18)23-14-7-8-14/h9-12,14,29H,2-8H2,1H3,(H,22,23,27)(H2,24,26,30)/t11-/m0/s1. The molecule has 158 valence electrons. The summed E-state index contributed by atoms with van der Waals surface area (Å²) < 4.78 is 1.61. The molecule has 10 nitrogen and oxygen atoms in total. The average Bonchev–Trinajstić information content (AvgIpc) is 3.37. The van der Waals surface area contributed by atoms with Gasteiger partial charge in [-0.3, -0.25) is 4.98 Å². The summed E-state index contributed by atoms with van der Waals surface area (Å²) in [5, 5.41) is 18.4. The quantitative estimate of drug-likeness (QED) is 0.492. The van der Waals surface area contributed by atoms with Crippen LogP contribution in [0.25, 0.3) is 11.7 Å². The van der Waals surface area contributed by atoms with Crippen LogP contribution in [0.1, 0.15) is 57.6 Å². The first-order valence-corrected chi connectivity index (χ1v) is 10.7. The molecule has 3 heterocycles. The molecule has 0 amide bonds. The summed E-state index contributed by atoms with van der Waals surface area (Å²) in [6.07, 6.45) is 11.7. The van der Waals surface area contributed by atoms with Gasteiger partial charge >= 0.3 is 5.69 Å². The van der Waals surface area contributed by atoms with Crippen molar-refractivity contribution in [2.45, 2.75) is 64.0 Å². The highest BCUT2D eigenvalue weighted by atomic mass is 16.3. The third kappa shape index (κ3) is 3.81. The zero-order valence-electron chi connectivity index (χ0n) is 16.9. The van der Waals surface area contributed by atoms with Crippen molar-refractivity contribution in [3.8, 4) is 5.88 Å². The minimum atomic E-state index is -0.474. The highest BCUT2D eigenvalue weighted by Gasteiger charge is 2.23. The third-order valence-corrected chi connectivity index (χ3v) is 5.97. The van der Waals surface area contributed by atoms with Crippen LogP contribution in [-0.4, -0.2) is 46.7 Å². The van der Waals surface area contributed by atoms with E-state index in [1.807, 2.05) is 0 Å². The van der Waals surface area contributed by atoms with Gasteiger partial charge in [-0.25, -0.2) is 9.79 Å². The molecule has 4 N–H and O–H groups in total. The van der Waals surface area contributed by atoms with E-state index in [4.69, 9.17) is 9.98 Å². The van der Waals surface area contributed by atoms with E-state index in [0.717, 1.165) is 12.8 Å². The SMILES string of the molecule is C[C@H](Nc1nc(=NC2CC2)n2ncc(=Cc3[nH]c(=O)[nH]c3O)c2n1)C1CCCCC1. The summed E-state index contributed by atoms with van der Waals surface area (Å²) in [7, 11) is 0. The highest BCUT2D eigenvalue weighted by molar-refractivity contribution is 5.57. The molecule has 0 spiro atoms. The molecule has 0 aliphatic heterocycles. The summed E-state index contributed by atoms with van der Waals surface area (Å²) in [5.74, 6) is 0.919. The Bertz CT molecular complexity index is 1230. The Hall–Kier alpha value is -3.17. The normalized spacial score (nSPS) is 20.2. The number of anilines is 1. The van der Waals surface area contributed by atoms with E-state index in [1.54, 1.807) is 16.8 Å². The first kappa shape index (κ1) is 18.8. The number of H-pyrrole nitrogens is 2. The Balaban J connectivity index is 1.57. The molecule has 0 bridgehead atoms. The fourth-order valence-corrected chi connectivity index (χ4v) is 4.10. The average molecular weight is 410 g/mol. The fraction of sp³-hybridized carbons (Fsp3) is 0.550. The van der Waals surface area contributed by atoms with Gasteiger partial charge in [0.1, 0.15) is 5.69 Å². The van der Waals surface area contributed by atoms with E-state index in [-0.39, 0.29) is 23.7 Å². The second kappa shape index (κ2) is 7.58. The molecular weight excluding hydrogens is 384 g/mol. The number of hydrogen-bond donors (Lipinski definition) is 4. The predicted octanol–water partition coefficient (Wildman–Crippen LogP) is 0.838. The van der Waals surface area contributed by atoms with E-state index in [1.165, 1.54) is 32.1 Å². The summed E-state index contributed by atoms with van der Waals surface area (Å²) in [6, 6.07) is 0.551. The van der Waals surface area contributed by atoms with E-state index < -0.39 is 5.69 Å². The second-order valence-electron chi connectivity index (χ2n) is 8.36. The van der Waals surface area contributed by atoms with Crippen LogP contribution in [0, 0.1) is 5.92 Å². The Morgan fingerprint density at radius 3 is 2.73 bits per heavy atom. The molecule has 5 rings (SSSR count). The fourth-order valence-electron chi connectivity index (χ4n) is 4.10. The summed E-state index contributed by atoms with van der Waals surface area (Å²) in [6.45, 7) is 2.19. The van der Waals surface area contributed by atoms with Crippen LogP contribution in [-0.2, 0) is 0 Å². The molecule has 30 heavy (non-hydrogen) atoms. The molecule has 3 aromatic rings. The van der Waals surface area contributed by atoms with Gasteiger partial charge in [-0.15, -0.1) is 0 Å². The third-order valence-electron chi connectivity index (χ3n) is 5.97. The molecule has 2 saturated carbocycles. The predicted molar refractivity (Wildman–Crippen MR) is 111 cm³/mol. The molecule has 2 aliphatic carbocycles. The molecule has 10 heteroatoms. The van der Waals surface area contributed by atoms with Crippen molar-refractivity contribution in [3.05, 3.63) is 33.2 Å². The maximum atomic E-state index is 11.4. The number of fused-ring (bicyclic) bond motifs is 1. The molecule has 3 aromatic heterocycles. The number of aromatic nitrogens is 6. The summed E-state index contributed by atoms with van der Waals surface area (Å²) in [5.41, 5.74) is 0.897. The first-order chi connectivity index (χ1) is 14.6. The van der Waals surface area contributed by atoms with Crippen molar-refractivity contribution in [1.29, 1.82) is 0 Å². The van der Waals surface area contributed by atoms with Crippen molar-refractivity contribution in [2.75, 3.05) is 5.32 Å². The minimum Gasteiger partial charge on any atom is -0.493 e. The number of aromatic amines is 2. The highest BCUT2D eigenvalue weighted by Crippen LogP contribution is 2.27. The lowest BCUT2D eigenvalue weighted by Crippen LogP contribution is -2.31. The van der Waals surface area contributed by atoms with E-state index in [0.29, 0.717) is 28.4 Å². The minimum absolute atomic E-state index is 0.222. The van der Waals surface area contributed by atoms with Gasteiger partial charge in [0, 0.05) is 11.3 Å². The Morgan fingerprint density at radius 2 is 2.03 bits per heavy atom. The Labute approximate surface area is 172 Å². The van der Waals surface area contributed by atoms with Crippen molar-refractivity contribution >= 4 is 17.7 Å². The number of aromatic hydroxyl groups is 1. The van der Waals surface area contributed by atoms with E-state index >= 15 is 0 Å². The molecule has 2 aliphatic rings. The lowest BCUT2D eigenvalue weighted by Gasteiger charge is -2.28. The number of hydrogen-bond acceptors (Lipinski definition) is 7. The van der Waals surface area contributed by atoms with Gasteiger partial charge < -0.3 is 15.4 Å². The maximum absolute atomic E-state index is 11.4. The maximum Gasteiger partial charge on any atom is 0.326 e. The van der Waals surface area contributed by atoms with Crippen LogP contribution in [0.15, 0.2) is 16.0 Å². The largest absolute Gasteiger partial charge is 0.493 e. The van der Waals surface area contributed by atoms with Gasteiger partial charge in [-0.05, 0) is 44.6 Å². The number of rotatable bonds is 5. The van der Waals surface area contributed by atoms with Gasteiger partial charge in [0.2, 0.25) is 11.8 Å². The van der Waals surface area contributed by atoms with E-state index in [2.05, 4.69) is 32.3 Å². The molecule has 0 unspecified atom stereocenters. The first-order valence-electron chi connectivity index (χ1n) is 10.7. The van der Waals surface area contributed by atoms with E-state index in [9.17, 15) is 9.90 Å². The van der Waals surface area contributed by atoms with Gasteiger partial charge in [-0.1, -0.05) is 19.3 Å². The van der Waals surface area contributed by atoms with Crippen LogP contribution in [0.2, 0.25) is 0 Å². The lowest BCUT2D eigenvalue weighted by molar-refractivity contribution is 0.327. The lowest BCUT2D eigenvalue weighted by atomic mass is 9.85. The molecular formula is C20H26N8O2. The summed E-state index contributed by atoms with van der Waals surface area (Å²) in [4.78, 5) is 30.4. The number of nitrogens with one attached hydrogen (secondary N) is 3. The van der Waals surface area contributed by atoms with Crippen LogP contribution >= 0.6 is 0 Å². The van der Waals surface area contributed by atoms with Crippen LogP contribution < -0.4 is 21.8 Å². The molecule has 0 radical (unpaired) electrons. The smallest absolute Gasteiger partial charge is 0.326 e. The van der Waals surface area contributed by atoms with Crippen LogP contribution in [0.4, 0.5) is 5.95 Å². The Kier molecular flexibility index (Phi) is 4.76. The molecule has 2 fully saturated rings. The van der Waals surface area contributed by atoms with Crippen LogP contribution in [0.3, 0.4) is 0 Å². The van der Waals surface area contributed by atoms with Gasteiger partial charge in [0.15, 0.2) is 5.65 Å². The number of nitrogens with zero attached hydrogens (tertiary/aromatic N) is 5. The van der Waals surface area contributed by atoms with Gasteiger partial charge in [0.05, 0.1) is 12.2 Å². The van der Waals surface area contributed by atoms with Crippen molar-refractivity contribution in [2.24, 2.45) is 10.9 Å². The van der Waals surface area contributed by atoms with Crippen LogP contribution in [0.5, 0.6) is 5.88 Å². The second-order valence-corrected chi connectivity index (χ2v) is 8.36. The monoisotopic (exact) mass is 410 g/mol. The molecule has 1 atom stereocenters. The van der Waals surface area contributed by atoms with Crippen molar-refractivity contribution in [3.63, 3.8) is 0 Å². The van der Waals surface area contributed by atoms with Crippen molar-refractivity contribution in [1.82, 2.24) is 29.5 Å². The topological polar surface area (TPSA) is 136 Å². The number of imidazole rings is 1. The van der Waals surface area contributed by atoms with Gasteiger partial charge in [0.25, 0.3) is 5.62 Å². The van der Waals surface area contributed by atoms with Crippen molar-refractivity contribution < 1.29 is 5.11 Å². The summed E-state index contributed by atoms with van der Waals surface area (Å²) >= 11 is 0. The molecule has 0 aromatic carbocycles. The zero-order valence-corrected chi connectivity index (χ0v) is 16.9. The van der Waals surface area contributed by atoms with Gasteiger partial charge in [-0.2, -0.15) is 19.6 Å². The molecule has 0 saturated heterocycles.